The first kappa shape index (κ1) is 17.6. The molecule has 0 bridgehead atoms. The van der Waals surface area contributed by atoms with Gasteiger partial charge in [0, 0.05) is 24.8 Å². The maximum atomic E-state index is 12.3. The summed E-state index contributed by atoms with van der Waals surface area (Å²) >= 11 is 1.42. The molecule has 1 fully saturated rings. The van der Waals surface area contributed by atoms with Crippen molar-refractivity contribution in [2.45, 2.75) is 39.0 Å². The number of amides is 4. The Kier molecular flexibility index (Phi) is 4.89. The van der Waals surface area contributed by atoms with Crippen molar-refractivity contribution in [1.29, 1.82) is 0 Å². The highest BCUT2D eigenvalue weighted by Gasteiger charge is 2.32. The summed E-state index contributed by atoms with van der Waals surface area (Å²) < 4.78 is 0. The van der Waals surface area contributed by atoms with E-state index in [4.69, 9.17) is 0 Å². The van der Waals surface area contributed by atoms with E-state index in [0.29, 0.717) is 16.5 Å². The van der Waals surface area contributed by atoms with Crippen molar-refractivity contribution in [3.05, 3.63) is 16.0 Å². The monoisotopic (exact) mass is 363 g/mol. The first-order valence-electron chi connectivity index (χ1n) is 8.40. The van der Waals surface area contributed by atoms with Crippen LogP contribution < -0.4 is 10.6 Å². The highest BCUT2D eigenvalue weighted by atomic mass is 32.1. The van der Waals surface area contributed by atoms with Gasteiger partial charge in [0.25, 0.3) is 5.91 Å². The lowest BCUT2D eigenvalue weighted by atomic mass is 9.88. The fourth-order valence-corrected chi connectivity index (χ4v) is 4.74. The molecule has 4 amide bonds. The number of thiophene rings is 1. The third-order valence-corrected chi connectivity index (χ3v) is 5.85. The molecular formula is C17H21N3O4S. The number of rotatable bonds is 4. The summed E-state index contributed by atoms with van der Waals surface area (Å²) in [5, 5.41) is 5.87. The highest BCUT2D eigenvalue weighted by molar-refractivity contribution is 7.17. The minimum atomic E-state index is -0.458. The predicted molar refractivity (Wildman–Crippen MR) is 93.5 cm³/mol. The van der Waals surface area contributed by atoms with Gasteiger partial charge < -0.3 is 10.6 Å². The number of anilines is 1. The maximum absolute atomic E-state index is 12.3. The second-order valence-electron chi connectivity index (χ2n) is 6.56. The minimum absolute atomic E-state index is 0.154. The summed E-state index contributed by atoms with van der Waals surface area (Å²) in [6, 6.07) is 0. The van der Waals surface area contributed by atoms with E-state index in [2.05, 4.69) is 17.6 Å². The summed E-state index contributed by atoms with van der Waals surface area (Å²) in [6.07, 6.45) is 3.02. The quantitative estimate of drug-likeness (QED) is 0.789. The molecule has 2 heterocycles. The lowest BCUT2D eigenvalue weighted by molar-refractivity contribution is -0.141. The van der Waals surface area contributed by atoms with E-state index >= 15 is 0 Å². The standard InChI is InChI=1S/C17H21N3O4S/c1-9-3-4-10-11(7-9)25-17(15(10)16(24)18-2)19-12(21)8-20-13(22)5-6-14(20)23/h9H,3-8H2,1-2H3,(H,18,24)(H,19,21). The van der Waals surface area contributed by atoms with Crippen LogP contribution in [-0.2, 0) is 27.2 Å². The van der Waals surface area contributed by atoms with Gasteiger partial charge in [0.15, 0.2) is 0 Å². The number of hydrogen-bond acceptors (Lipinski definition) is 5. The van der Waals surface area contributed by atoms with Gasteiger partial charge in [-0.25, -0.2) is 0 Å². The smallest absolute Gasteiger partial charge is 0.254 e. The van der Waals surface area contributed by atoms with Crippen LogP contribution in [0.1, 0.15) is 47.0 Å². The van der Waals surface area contributed by atoms with Gasteiger partial charge in [0.2, 0.25) is 17.7 Å². The van der Waals surface area contributed by atoms with Crippen LogP contribution in [0.2, 0.25) is 0 Å². The van der Waals surface area contributed by atoms with E-state index in [0.717, 1.165) is 34.6 Å². The molecule has 0 radical (unpaired) electrons. The van der Waals surface area contributed by atoms with Gasteiger partial charge in [-0.15, -0.1) is 11.3 Å². The fourth-order valence-electron chi connectivity index (χ4n) is 3.31. The number of carbonyl (C=O) groups is 4. The molecule has 0 aromatic carbocycles. The maximum Gasteiger partial charge on any atom is 0.254 e. The zero-order valence-electron chi connectivity index (χ0n) is 14.3. The van der Waals surface area contributed by atoms with Crippen molar-refractivity contribution in [1.82, 2.24) is 10.2 Å². The van der Waals surface area contributed by atoms with Gasteiger partial charge in [0.05, 0.1) is 5.56 Å². The fraction of sp³-hybridized carbons (Fsp3) is 0.529. The Hall–Kier alpha value is -2.22. The Labute approximate surface area is 149 Å². The molecule has 1 atom stereocenters. The molecule has 0 spiro atoms. The molecule has 1 aliphatic carbocycles. The van der Waals surface area contributed by atoms with E-state index in [1.54, 1.807) is 7.05 Å². The molecule has 8 heteroatoms. The topological polar surface area (TPSA) is 95.6 Å². The van der Waals surface area contributed by atoms with Crippen molar-refractivity contribution in [2.75, 3.05) is 18.9 Å². The normalized spacial score (nSPS) is 19.8. The zero-order valence-corrected chi connectivity index (χ0v) is 15.1. The van der Waals surface area contributed by atoms with Gasteiger partial charge in [-0.3, -0.25) is 24.1 Å². The van der Waals surface area contributed by atoms with Gasteiger partial charge in [-0.05, 0) is 30.7 Å². The van der Waals surface area contributed by atoms with Crippen LogP contribution >= 0.6 is 11.3 Å². The van der Waals surface area contributed by atoms with Crippen molar-refractivity contribution in [3.63, 3.8) is 0 Å². The number of fused-ring (bicyclic) bond motifs is 1. The predicted octanol–water partition coefficient (Wildman–Crippen LogP) is 1.32. The average Bonchev–Trinajstić information content (AvgIpc) is 3.07. The SMILES string of the molecule is CNC(=O)c1c(NC(=O)CN2C(=O)CCC2=O)sc2c1CCC(C)C2. The second-order valence-corrected chi connectivity index (χ2v) is 7.66. The van der Waals surface area contributed by atoms with Crippen LogP contribution in [0.3, 0.4) is 0 Å². The Morgan fingerprint density at radius 1 is 1.20 bits per heavy atom. The molecule has 0 saturated carbocycles. The zero-order chi connectivity index (χ0) is 18.1. The minimum Gasteiger partial charge on any atom is -0.355 e. The summed E-state index contributed by atoms with van der Waals surface area (Å²) in [5.74, 6) is -0.792. The third-order valence-electron chi connectivity index (χ3n) is 4.68. The molecule has 1 aliphatic heterocycles. The lowest BCUT2D eigenvalue weighted by Crippen LogP contribution is -2.37. The van der Waals surface area contributed by atoms with E-state index in [9.17, 15) is 19.2 Å². The number of carbonyl (C=O) groups excluding carboxylic acids is 4. The number of imide groups is 1. The average molecular weight is 363 g/mol. The number of likely N-dealkylation sites (tertiary alicyclic amines) is 1. The molecular weight excluding hydrogens is 342 g/mol. The van der Waals surface area contributed by atoms with Crippen molar-refractivity contribution < 1.29 is 19.2 Å². The van der Waals surface area contributed by atoms with Gasteiger partial charge in [0.1, 0.15) is 11.5 Å². The first-order chi connectivity index (χ1) is 11.9. The van der Waals surface area contributed by atoms with Crippen LogP contribution in [-0.4, -0.2) is 42.1 Å². The van der Waals surface area contributed by atoms with E-state index in [1.807, 2.05) is 0 Å². The Morgan fingerprint density at radius 2 is 1.88 bits per heavy atom. The summed E-state index contributed by atoms with van der Waals surface area (Å²) in [5.41, 5.74) is 1.52. The number of hydrogen-bond donors (Lipinski definition) is 2. The number of nitrogens with one attached hydrogen (secondary N) is 2. The lowest BCUT2D eigenvalue weighted by Gasteiger charge is -2.18. The van der Waals surface area contributed by atoms with Crippen molar-refractivity contribution >= 4 is 40.0 Å². The molecule has 25 heavy (non-hydrogen) atoms. The molecule has 1 saturated heterocycles. The van der Waals surface area contributed by atoms with Gasteiger partial charge in [-0.2, -0.15) is 0 Å². The van der Waals surface area contributed by atoms with Crippen LogP contribution in [0.25, 0.3) is 0 Å². The first-order valence-corrected chi connectivity index (χ1v) is 9.22. The van der Waals surface area contributed by atoms with Gasteiger partial charge >= 0.3 is 0 Å². The molecule has 3 rings (SSSR count). The largest absolute Gasteiger partial charge is 0.355 e. The molecule has 134 valence electrons. The molecule has 1 unspecified atom stereocenters. The number of nitrogens with zero attached hydrogens (tertiary/aromatic N) is 1. The molecule has 2 N–H and O–H groups in total. The van der Waals surface area contributed by atoms with E-state index in [1.165, 1.54) is 11.3 Å². The van der Waals surface area contributed by atoms with E-state index in [-0.39, 0.29) is 37.1 Å². The summed E-state index contributed by atoms with van der Waals surface area (Å²) in [6.45, 7) is 1.87. The molecule has 7 nitrogen and oxygen atoms in total. The van der Waals surface area contributed by atoms with Gasteiger partial charge in [-0.1, -0.05) is 6.92 Å². The van der Waals surface area contributed by atoms with E-state index < -0.39 is 5.91 Å². The Morgan fingerprint density at radius 3 is 2.52 bits per heavy atom. The van der Waals surface area contributed by atoms with Crippen LogP contribution in [0, 0.1) is 5.92 Å². The Balaban J connectivity index is 1.82. The summed E-state index contributed by atoms with van der Waals surface area (Å²) in [7, 11) is 1.56. The molecule has 1 aromatic heterocycles. The second kappa shape index (κ2) is 6.95. The summed E-state index contributed by atoms with van der Waals surface area (Å²) in [4.78, 5) is 50.0. The Bertz CT molecular complexity index is 739. The highest BCUT2D eigenvalue weighted by Crippen LogP contribution is 2.39. The molecule has 1 aromatic rings. The molecule has 2 aliphatic rings. The van der Waals surface area contributed by atoms with Crippen molar-refractivity contribution in [2.24, 2.45) is 5.92 Å². The van der Waals surface area contributed by atoms with Crippen LogP contribution in [0.5, 0.6) is 0 Å². The van der Waals surface area contributed by atoms with Crippen LogP contribution in [0.4, 0.5) is 5.00 Å². The van der Waals surface area contributed by atoms with Crippen LogP contribution in [0.15, 0.2) is 0 Å². The third kappa shape index (κ3) is 3.44. The van der Waals surface area contributed by atoms with Crippen molar-refractivity contribution in [3.8, 4) is 0 Å².